The van der Waals surface area contributed by atoms with Gasteiger partial charge in [-0.15, -0.1) is 12.4 Å². The number of thiazole rings is 1. The Morgan fingerprint density at radius 1 is 1.03 bits per heavy atom. The number of aromatic nitrogens is 1. The molecule has 1 fully saturated rings. The number of piperazine rings is 1. The van der Waals surface area contributed by atoms with Crippen molar-refractivity contribution in [1.82, 2.24) is 9.88 Å². The first-order chi connectivity index (χ1) is 14.6. The summed E-state index contributed by atoms with van der Waals surface area (Å²) < 4.78 is 1.09. The molecule has 0 saturated carbocycles. The normalized spacial score (nSPS) is 14.5. The number of unbranched alkanes of at least 4 members (excludes halogenated alkanes) is 1. The van der Waals surface area contributed by atoms with E-state index < -0.39 is 0 Å². The summed E-state index contributed by atoms with van der Waals surface area (Å²) in [5.74, 6) is 0.0365. The number of carbonyl (C=O) groups excluding carboxylic acids is 1. The van der Waals surface area contributed by atoms with Gasteiger partial charge in [-0.3, -0.25) is 9.69 Å². The average Bonchev–Trinajstić information content (AvgIpc) is 3.16. The number of benzene rings is 2. The summed E-state index contributed by atoms with van der Waals surface area (Å²) in [5, 5.41) is 4.84. The molecule has 5 nitrogen and oxygen atoms in total. The van der Waals surface area contributed by atoms with Crippen LogP contribution in [0.2, 0.25) is 10.0 Å². The van der Waals surface area contributed by atoms with Gasteiger partial charge in [0.25, 0.3) is 0 Å². The van der Waals surface area contributed by atoms with Crippen molar-refractivity contribution in [1.29, 1.82) is 0 Å². The molecule has 1 N–H and O–H groups in total. The number of halogens is 3. The van der Waals surface area contributed by atoms with Crippen LogP contribution in [0, 0.1) is 0 Å². The molecule has 0 bridgehead atoms. The van der Waals surface area contributed by atoms with Crippen LogP contribution in [0.4, 0.5) is 10.8 Å². The molecular weight excluding hydrogens is 475 g/mol. The highest BCUT2D eigenvalue weighted by atomic mass is 35.5. The fraction of sp³-hybridized carbons (Fsp3) is 0.364. The Bertz CT molecular complexity index is 988. The Labute approximate surface area is 202 Å². The van der Waals surface area contributed by atoms with Crippen molar-refractivity contribution in [3.05, 3.63) is 52.5 Å². The number of hydrogen-bond acceptors (Lipinski definition) is 5. The smallest absolute Gasteiger partial charge is 0.226 e. The molecule has 1 aliphatic heterocycles. The lowest BCUT2D eigenvalue weighted by atomic mass is 10.2. The standard InChI is InChI=1S/C22H24Cl2N4OS.ClH/c23-16-6-5-8-18(21(16)24)28-14-12-27(13-15-28)11-4-3-10-20(29)26-22-25-17-7-1-2-9-19(17)30-22;/h1-2,5-9H,3-4,10-15H2,(H,25,26,29);1H. The van der Waals surface area contributed by atoms with E-state index in [4.69, 9.17) is 23.2 Å². The molecule has 1 saturated heterocycles. The predicted molar refractivity (Wildman–Crippen MR) is 134 cm³/mol. The van der Waals surface area contributed by atoms with Gasteiger partial charge in [0, 0.05) is 32.6 Å². The van der Waals surface area contributed by atoms with Crippen LogP contribution < -0.4 is 10.2 Å². The summed E-state index contributed by atoms with van der Waals surface area (Å²) in [6.07, 6.45) is 2.40. The van der Waals surface area contributed by atoms with Crippen molar-refractivity contribution in [3.8, 4) is 0 Å². The zero-order valence-electron chi connectivity index (χ0n) is 17.0. The molecule has 166 valence electrons. The van der Waals surface area contributed by atoms with Gasteiger partial charge < -0.3 is 10.2 Å². The van der Waals surface area contributed by atoms with Gasteiger partial charge in [-0.05, 0) is 43.7 Å². The lowest BCUT2D eigenvalue weighted by molar-refractivity contribution is -0.116. The number of fused-ring (bicyclic) bond motifs is 1. The monoisotopic (exact) mass is 498 g/mol. The molecule has 3 aromatic rings. The van der Waals surface area contributed by atoms with Crippen molar-refractivity contribution in [3.63, 3.8) is 0 Å². The van der Waals surface area contributed by atoms with Gasteiger partial charge in [0.1, 0.15) is 0 Å². The lowest BCUT2D eigenvalue weighted by Crippen LogP contribution is -2.46. The van der Waals surface area contributed by atoms with Crippen LogP contribution in [0.15, 0.2) is 42.5 Å². The molecule has 31 heavy (non-hydrogen) atoms. The minimum atomic E-state index is 0. The Hall–Kier alpha value is -1.57. The van der Waals surface area contributed by atoms with E-state index in [1.165, 1.54) is 11.3 Å². The van der Waals surface area contributed by atoms with Gasteiger partial charge in [-0.2, -0.15) is 0 Å². The second-order valence-corrected chi connectivity index (χ2v) is 9.21. The highest BCUT2D eigenvalue weighted by molar-refractivity contribution is 7.22. The van der Waals surface area contributed by atoms with Crippen LogP contribution in [-0.4, -0.2) is 48.5 Å². The fourth-order valence-electron chi connectivity index (χ4n) is 3.68. The van der Waals surface area contributed by atoms with Crippen molar-refractivity contribution in [2.75, 3.05) is 42.9 Å². The van der Waals surface area contributed by atoms with E-state index in [9.17, 15) is 4.79 Å². The van der Waals surface area contributed by atoms with E-state index in [0.29, 0.717) is 21.6 Å². The number of hydrogen-bond donors (Lipinski definition) is 1. The van der Waals surface area contributed by atoms with E-state index >= 15 is 0 Å². The van der Waals surface area contributed by atoms with Crippen molar-refractivity contribution in [2.45, 2.75) is 19.3 Å². The number of amides is 1. The number of rotatable bonds is 7. The lowest BCUT2D eigenvalue weighted by Gasteiger charge is -2.36. The third-order valence-electron chi connectivity index (χ3n) is 5.31. The van der Waals surface area contributed by atoms with Crippen LogP contribution in [0.5, 0.6) is 0 Å². The van der Waals surface area contributed by atoms with E-state index in [0.717, 1.165) is 61.5 Å². The van der Waals surface area contributed by atoms with E-state index in [1.807, 2.05) is 42.5 Å². The molecule has 1 aromatic heterocycles. The second kappa shape index (κ2) is 11.3. The Morgan fingerprint density at radius 3 is 2.58 bits per heavy atom. The Morgan fingerprint density at radius 2 is 1.81 bits per heavy atom. The van der Waals surface area contributed by atoms with Gasteiger partial charge in [0.15, 0.2) is 5.13 Å². The molecule has 2 aromatic carbocycles. The summed E-state index contributed by atoms with van der Waals surface area (Å²) in [6.45, 7) is 4.84. The summed E-state index contributed by atoms with van der Waals surface area (Å²) in [5.41, 5.74) is 1.94. The Kier molecular flexibility index (Phi) is 8.81. The van der Waals surface area contributed by atoms with E-state index in [1.54, 1.807) is 0 Å². The summed E-state index contributed by atoms with van der Waals surface area (Å²) in [7, 11) is 0. The molecule has 1 amide bonds. The van der Waals surface area contributed by atoms with Gasteiger partial charge in [-0.1, -0.05) is 52.7 Å². The fourth-order valence-corrected chi connectivity index (χ4v) is 4.97. The van der Waals surface area contributed by atoms with Gasteiger partial charge >= 0.3 is 0 Å². The summed E-state index contributed by atoms with van der Waals surface area (Å²) in [4.78, 5) is 21.4. The number of nitrogens with one attached hydrogen (secondary N) is 1. The molecule has 1 aliphatic rings. The molecule has 0 aliphatic carbocycles. The van der Waals surface area contributed by atoms with Crippen molar-refractivity contribution >= 4 is 73.9 Å². The SMILES string of the molecule is Cl.O=C(CCCCN1CCN(c2cccc(Cl)c2Cl)CC1)Nc1nc2ccccc2s1. The van der Waals surface area contributed by atoms with Gasteiger partial charge in [0.05, 0.1) is 25.9 Å². The molecule has 0 unspecified atom stereocenters. The summed E-state index contributed by atoms with van der Waals surface area (Å²) >= 11 is 14.0. The highest BCUT2D eigenvalue weighted by Crippen LogP contribution is 2.33. The molecule has 4 rings (SSSR count). The van der Waals surface area contributed by atoms with Crippen LogP contribution in [0.3, 0.4) is 0 Å². The zero-order chi connectivity index (χ0) is 20.9. The first-order valence-electron chi connectivity index (χ1n) is 10.2. The number of anilines is 2. The maximum absolute atomic E-state index is 12.2. The minimum absolute atomic E-state index is 0. The first kappa shape index (κ1) is 24.1. The maximum atomic E-state index is 12.2. The molecule has 0 radical (unpaired) electrons. The summed E-state index contributed by atoms with van der Waals surface area (Å²) in [6, 6.07) is 13.7. The van der Waals surface area contributed by atoms with Gasteiger partial charge in [0.2, 0.25) is 5.91 Å². The quantitative estimate of drug-likeness (QED) is 0.408. The molecule has 9 heteroatoms. The molecule has 0 atom stereocenters. The molecule has 0 spiro atoms. The van der Waals surface area contributed by atoms with Crippen molar-refractivity contribution in [2.24, 2.45) is 0 Å². The third kappa shape index (κ3) is 6.24. The van der Waals surface area contributed by atoms with Crippen LogP contribution in [-0.2, 0) is 4.79 Å². The van der Waals surface area contributed by atoms with E-state index in [2.05, 4.69) is 20.1 Å². The Balaban J connectivity index is 0.00000272. The minimum Gasteiger partial charge on any atom is -0.368 e. The van der Waals surface area contributed by atoms with Crippen molar-refractivity contribution < 1.29 is 4.79 Å². The number of para-hydroxylation sites is 1. The number of carbonyl (C=O) groups is 1. The maximum Gasteiger partial charge on any atom is 0.226 e. The predicted octanol–water partition coefficient (Wildman–Crippen LogP) is 5.96. The molecular formula is C22H25Cl3N4OS. The van der Waals surface area contributed by atoms with E-state index in [-0.39, 0.29) is 18.3 Å². The van der Waals surface area contributed by atoms with Gasteiger partial charge in [-0.25, -0.2) is 4.98 Å². The van der Waals surface area contributed by atoms with Crippen LogP contribution in [0.25, 0.3) is 10.2 Å². The largest absolute Gasteiger partial charge is 0.368 e. The first-order valence-corrected chi connectivity index (χ1v) is 11.7. The zero-order valence-corrected chi connectivity index (χ0v) is 20.2. The highest BCUT2D eigenvalue weighted by Gasteiger charge is 2.19. The third-order valence-corrected chi connectivity index (χ3v) is 7.07. The van der Waals surface area contributed by atoms with Crippen LogP contribution >= 0.6 is 46.9 Å². The second-order valence-electron chi connectivity index (χ2n) is 7.39. The average molecular weight is 500 g/mol. The molecule has 2 heterocycles. The number of nitrogens with zero attached hydrogens (tertiary/aromatic N) is 3. The topological polar surface area (TPSA) is 48.5 Å². The van der Waals surface area contributed by atoms with Crippen LogP contribution in [0.1, 0.15) is 19.3 Å².